The summed E-state index contributed by atoms with van der Waals surface area (Å²) in [6.45, 7) is 7.60. The second kappa shape index (κ2) is 9.67. The summed E-state index contributed by atoms with van der Waals surface area (Å²) in [5.74, 6) is -0.461. The number of hydrogen-bond donors (Lipinski definition) is 3. The van der Waals surface area contributed by atoms with Crippen LogP contribution in [0.2, 0.25) is 0 Å². The van der Waals surface area contributed by atoms with E-state index in [1.807, 2.05) is 63.2 Å². The van der Waals surface area contributed by atoms with Crippen LogP contribution < -0.4 is 16.0 Å². The summed E-state index contributed by atoms with van der Waals surface area (Å²) in [5, 5.41) is 8.81. The van der Waals surface area contributed by atoms with Crippen LogP contribution in [0.4, 0.5) is 5.69 Å². The van der Waals surface area contributed by atoms with Gasteiger partial charge in [0.2, 0.25) is 11.8 Å². The molecule has 2 aromatic carbocycles. The summed E-state index contributed by atoms with van der Waals surface area (Å²) >= 11 is 3.52. The molecule has 0 aromatic heterocycles. The van der Waals surface area contributed by atoms with E-state index in [1.54, 1.807) is 6.92 Å². The lowest BCUT2D eigenvalue weighted by Crippen LogP contribution is -2.45. The highest BCUT2D eigenvalue weighted by atomic mass is 79.9. The summed E-state index contributed by atoms with van der Waals surface area (Å²) in [4.78, 5) is 24.5. The normalized spacial score (nSPS) is 12.9. The predicted molar refractivity (Wildman–Crippen MR) is 113 cm³/mol. The Morgan fingerprint density at radius 2 is 1.63 bits per heavy atom. The molecule has 27 heavy (non-hydrogen) atoms. The Labute approximate surface area is 169 Å². The number of anilines is 1. The maximum absolute atomic E-state index is 12.3. The van der Waals surface area contributed by atoms with E-state index >= 15 is 0 Å². The van der Waals surface area contributed by atoms with Gasteiger partial charge in [-0.25, -0.2) is 0 Å². The van der Waals surface area contributed by atoms with Crippen molar-refractivity contribution in [3.63, 3.8) is 0 Å². The molecule has 5 nitrogen and oxygen atoms in total. The molecular formula is C21H26BrN3O2. The summed E-state index contributed by atoms with van der Waals surface area (Å²) in [6.07, 6.45) is 0. The minimum Gasteiger partial charge on any atom is -0.346 e. The SMILES string of the molecule is Cc1cccc(C)c1NC(=O)CNC(=O)[C@@H](C)N[C@H](C)c1ccccc1Br. The van der Waals surface area contributed by atoms with E-state index in [4.69, 9.17) is 0 Å². The zero-order valence-electron chi connectivity index (χ0n) is 16.1. The second-order valence-corrected chi connectivity index (χ2v) is 7.52. The lowest BCUT2D eigenvalue weighted by Gasteiger charge is -2.21. The van der Waals surface area contributed by atoms with Crippen LogP contribution in [-0.2, 0) is 9.59 Å². The molecule has 2 atom stereocenters. The minimum absolute atomic E-state index is 0.00947. The fraction of sp³-hybridized carbons (Fsp3) is 0.333. The number of aryl methyl sites for hydroxylation is 2. The Balaban J connectivity index is 1.86. The number of carbonyl (C=O) groups excluding carboxylic acids is 2. The molecule has 0 aliphatic heterocycles. The molecular weight excluding hydrogens is 406 g/mol. The van der Waals surface area contributed by atoms with Gasteiger partial charge in [0.25, 0.3) is 0 Å². The van der Waals surface area contributed by atoms with Crippen LogP contribution in [0.1, 0.15) is 36.6 Å². The molecule has 0 radical (unpaired) electrons. The summed E-state index contributed by atoms with van der Waals surface area (Å²) < 4.78 is 0.991. The molecule has 0 saturated heterocycles. The van der Waals surface area contributed by atoms with E-state index in [9.17, 15) is 9.59 Å². The van der Waals surface area contributed by atoms with E-state index in [1.165, 1.54) is 0 Å². The first kappa shape index (κ1) is 21.1. The minimum atomic E-state index is -0.430. The third kappa shape index (κ3) is 5.91. The smallest absolute Gasteiger partial charge is 0.243 e. The highest BCUT2D eigenvalue weighted by molar-refractivity contribution is 9.10. The van der Waals surface area contributed by atoms with Crippen molar-refractivity contribution in [1.82, 2.24) is 10.6 Å². The van der Waals surface area contributed by atoms with Gasteiger partial charge in [0.15, 0.2) is 0 Å². The number of hydrogen-bond acceptors (Lipinski definition) is 3. The van der Waals surface area contributed by atoms with Crippen molar-refractivity contribution in [3.05, 3.63) is 63.6 Å². The molecule has 2 aromatic rings. The average molecular weight is 432 g/mol. The van der Waals surface area contributed by atoms with Crippen molar-refractivity contribution in [1.29, 1.82) is 0 Å². The summed E-state index contributed by atoms with van der Waals surface area (Å²) in [6, 6.07) is 13.3. The quantitative estimate of drug-likeness (QED) is 0.623. The van der Waals surface area contributed by atoms with Crippen molar-refractivity contribution in [2.45, 2.75) is 39.8 Å². The van der Waals surface area contributed by atoms with Gasteiger partial charge >= 0.3 is 0 Å². The fourth-order valence-electron chi connectivity index (χ4n) is 2.88. The summed E-state index contributed by atoms with van der Waals surface area (Å²) in [7, 11) is 0. The van der Waals surface area contributed by atoms with Crippen molar-refractivity contribution in [2.75, 3.05) is 11.9 Å². The third-order valence-corrected chi connectivity index (χ3v) is 5.16. The number of amides is 2. The Hall–Kier alpha value is -2.18. The van der Waals surface area contributed by atoms with E-state index in [0.717, 1.165) is 26.9 Å². The van der Waals surface area contributed by atoms with Gasteiger partial charge in [-0.1, -0.05) is 52.3 Å². The molecule has 0 unspecified atom stereocenters. The molecule has 0 aliphatic carbocycles. The van der Waals surface area contributed by atoms with Crippen LogP contribution in [-0.4, -0.2) is 24.4 Å². The maximum Gasteiger partial charge on any atom is 0.243 e. The number of rotatable bonds is 7. The van der Waals surface area contributed by atoms with Crippen molar-refractivity contribution >= 4 is 33.4 Å². The van der Waals surface area contributed by atoms with Crippen molar-refractivity contribution < 1.29 is 9.59 Å². The largest absolute Gasteiger partial charge is 0.346 e. The van der Waals surface area contributed by atoms with Crippen LogP contribution in [0.5, 0.6) is 0 Å². The lowest BCUT2D eigenvalue weighted by atomic mass is 10.1. The molecule has 2 amide bonds. The molecule has 0 fully saturated rings. The number of para-hydroxylation sites is 1. The van der Waals surface area contributed by atoms with Crippen molar-refractivity contribution in [2.24, 2.45) is 0 Å². The van der Waals surface area contributed by atoms with Gasteiger partial charge in [0, 0.05) is 16.2 Å². The first-order valence-corrected chi connectivity index (χ1v) is 9.73. The van der Waals surface area contributed by atoms with E-state index in [0.29, 0.717) is 0 Å². The van der Waals surface area contributed by atoms with Gasteiger partial charge in [-0.3, -0.25) is 14.9 Å². The highest BCUT2D eigenvalue weighted by Gasteiger charge is 2.18. The highest BCUT2D eigenvalue weighted by Crippen LogP contribution is 2.23. The van der Waals surface area contributed by atoms with E-state index < -0.39 is 6.04 Å². The van der Waals surface area contributed by atoms with Crippen molar-refractivity contribution in [3.8, 4) is 0 Å². The maximum atomic E-state index is 12.3. The van der Waals surface area contributed by atoms with Gasteiger partial charge in [-0.05, 0) is 50.5 Å². The molecule has 0 heterocycles. The molecule has 6 heteroatoms. The molecule has 144 valence electrons. The van der Waals surface area contributed by atoms with Crippen LogP contribution >= 0.6 is 15.9 Å². The van der Waals surface area contributed by atoms with Crippen LogP contribution in [0.25, 0.3) is 0 Å². The van der Waals surface area contributed by atoms with E-state index in [-0.39, 0.29) is 24.4 Å². The third-order valence-electron chi connectivity index (χ3n) is 4.43. The Morgan fingerprint density at radius 1 is 1.00 bits per heavy atom. The van der Waals surface area contributed by atoms with Crippen LogP contribution in [0, 0.1) is 13.8 Å². The standard InChI is InChI=1S/C21H26BrN3O2/c1-13-8-7-9-14(2)20(13)25-19(26)12-23-21(27)16(4)24-15(3)17-10-5-6-11-18(17)22/h5-11,15-16,24H,12H2,1-4H3,(H,23,27)(H,25,26)/t15-,16-/m1/s1. The number of halogens is 1. The fourth-order valence-corrected chi connectivity index (χ4v) is 3.51. The monoisotopic (exact) mass is 431 g/mol. The molecule has 0 bridgehead atoms. The first-order valence-electron chi connectivity index (χ1n) is 8.94. The Bertz CT molecular complexity index is 803. The van der Waals surface area contributed by atoms with Gasteiger partial charge in [-0.15, -0.1) is 0 Å². The van der Waals surface area contributed by atoms with Gasteiger partial charge in [0.05, 0.1) is 12.6 Å². The van der Waals surface area contributed by atoms with Gasteiger partial charge in [0.1, 0.15) is 0 Å². The average Bonchev–Trinajstić information content (AvgIpc) is 2.63. The van der Waals surface area contributed by atoms with Gasteiger partial charge in [-0.2, -0.15) is 0 Å². The summed E-state index contributed by atoms with van der Waals surface area (Å²) in [5.41, 5.74) is 3.86. The zero-order valence-corrected chi connectivity index (χ0v) is 17.7. The van der Waals surface area contributed by atoms with Gasteiger partial charge < -0.3 is 10.6 Å². The molecule has 3 N–H and O–H groups in total. The number of benzene rings is 2. The lowest BCUT2D eigenvalue weighted by molar-refractivity contribution is -0.125. The first-order chi connectivity index (χ1) is 12.8. The second-order valence-electron chi connectivity index (χ2n) is 6.66. The zero-order chi connectivity index (χ0) is 20.0. The Morgan fingerprint density at radius 3 is 2.26 bits per heavy atom. The van der Waals surface area contributed by atoms with Crippen LogP contribution in [0.15, 0.2) is 46.9 Å². The number of nitrogens with one attached hydrogen (secondary N) is 3. The molecule has 2 rings (SSSR count). The molecule has 0 aliphatic rings. The number of carbonyl (C=O) groups is 2. The molecule has 0 spiro atoms. The predicted octanol–water partition coefficient (Wildman–Crippen LogP) is 3.86. The Kier molecular flexibility index (Phi) is 7.56. The van der Waals surface area contributed by atoms with E-state index in [2.05, 4.69) is 31.9 Å². The van der Waals surface area contributed by atoms with Crippen LogP contribution in [0.3, 0.4) is 0 Å². The topological polar surface area (TPSA) is 70.2 Å². The molecule has 0 saturated carbocycles.